The van der Waals surface area contributed by atoms with Crippen LogP contribution in [-0.4, -0.2) is 53.1 Å². The molecule has 102 valence electrons. The van der Waals surface area contributed by atoms with Crippen LogP contribution in [0.25, 0.3) is 0 Å². The number of nitrogens with zero attached hydrogens (tertiary/aromatic N) is 2. The van der Waals surface area contributed by atoms with Crippen LogP contribution in [0, 0.1) is 17.8 Å². The van der Waals surface area contributed by atoms with E-state index < -0.39 is 5.97 Å². The van der Waals surface area contributed by atoms with Gasteiger partial charge in [0.25, 0.3) is 0 Å². The molecule has 0 radical (unpaired) electrons. The van der Waals surface area contributed by atoms with Gasteiger partial charge in [-0.1, -0.05) is 13.8 Å². The Hall–Kier alpha value is -1.26. The molecule has 2 amide bonds. The third-order valence-electron chi connectivity index (χ3n) is 3.83. The SMILES string of the molecule is CC1CC(C)CN(C(=O)N2CC(CC(=O)O)C2)C1. The van der Waals surface area contributed by atoms with E-state index >= 15 is 0 Å². The van der Waals surface area contributed by atoms with Gasteiger partial charge >= 0.3 is 12.0 Å². The van der Waals surface area contributed by atoms with Gasteiger partial charge in [-0.25, -0.2) is 4.79 Å². The molecule has 0 spiro atoms. The number of carbonyl (C=O) groups is 2. The van der Waals surface area contributed by atoms with Gasteiger partial charge in [0.15, 0.2) is 0 Å². The van der Waals surface area contributed by atoms with Crippen LogP contribution in [0.3, 0.4) is 0 Å². The molecule has 1 N–H and O–H groups in total. The Balaban J connectivity index is 1.80. The summed E-state index contributed by atoms with van der Waals surface area (Å²) in [6, 6.07) is 0.0926. The molecule has 2 saturated heterocycles. The van der Waals surface area contributed by atoms with Gasteiger partial charge in [-0.3, -0.25) is 4.79 Å². The lowest BCUT2D eigenvalue weighted by atomic mass is 9.91. The monoisotopic (exact) mass is 254 g/mol. The van der Waals surface area contributed by atoms with Crippen molar-refractivity contribution in [3.63, 3.8) is 0 Å². The van der Waals surface area contributed by atoms with E-state index in [9.17, 15) is 9.59 Å². The van der Waals surface area contributed by atoms with Gasteiger partial charge in [0, 0.05) is 32.1 Å². The summed E-state index contributed by atoms with van der Waals surface area (Å²) in [4.78, 5) is 26.5. The highest BCUT2D eigenvalue weighted by atomic mass is 16.4. The van der Waals surface area contributed by atoms with Crippen LogP contribution < -0.4 is 0 Å². The minimum Gasteiger partial charge on any atom is -0.481 e. The van der Waals surface area contributed by atoms with Crippen LogP contribution in [0.4, 0.5) is 4.79 Å². The van der Waals surface area contributed by atoms with Crippen LogP contribution >= 0.6 is 0 Å². The standard InChI is InChI=1S/C13H22N2O3/c1-9-3-10(2)6-14(5-9)13(18)15-7-11(8-15)4-12(16)17/h9-11H,3-8H2,1-2H3,(H,16,17). The number of hydrogen-bond acceptors (Lipinski definition) is 2. The molecular weight excluding hydrogens is 232 g/mol. The van der Waals surface area contributed by atoms with Crippen LogP contribution in [0.1, 0.15) is 26.7 Å². The number of carboxylic acid groups (broad SMARTS) is 1. The molecule has 2 aliphatic heterocycles. The molecule has 0 bridgehead atoms. The fraction of sp³-hybridized carbons (Fsp3) is 0.846. The molecule has 5 nitrogen and oxygen atoms in total. The highest BCUT2D eigenvalue weighted by molar-refractivity contribution is 5.76. The number of rotatable bonds is 2. The molecule has 2 unspecified atom stereocenters. The second-order valence-corrected chi connectivity index (χ2v) is 6.00. The van der Waals surface area contributed by atoms with Crippen LogP contribution in [0.15, 0.2) is 0 Å². The van der Waals surface area contributed by atoms with Gasteiger partial charge in [-0.2, -0.15) is 0 Å². The van der Waals surface area contributed by atoms with Gasteiger partial charge in [-0.05, 0) is 18.3 Å². The molecule has 18 heavy (non-hydrogen) atoms. The number of amides is 2. The van der Waals surface area contributed by atoms with E-state index in [0.29, 0.717) is 24.9 Å². The minimum absolute atomic E-state index is 0.0926. The molecule has 5 heteroatoms. The van der Waals surface area contributed by atoms with E-state index in [1.165, 1.54) is 6.42 Å². The highest BCUT2D eigenvalue weighted by Crippen LogP contribution is 2.25. The van der Waals surface area contributed by atoms with Crippen LogP contribution in [0.5, 0.6) is 0 Å². The summed E-state index contributed by atoms with van der Waals surface area (Å²) < 4.78 is 0. The lowest BCUT2D eigenvalue weighted by molar-refractivity contribution is -0.139. The summed E-state index contributed by atoms with van der Waals surface area (Å²) in [6.45, 7) is 7.24. The first-order valence-electron chi connectivity index (χ1n) is 6.71. The number of carbonyl (C=O) groups excluding carboxylic acids is 1. The average Bonchev–Trinajstić information content (AvgIpc) is 2.20. The van der Waals surface area contributed by atoms with Gasteiger partial charge < -0.3 is 14.9 Å². The zero-order chi connectivity index (χ0) is 13.3. The summed E-state index contributed by atoms with van der Waals surface area (Å²) >= 11 is 0. The molecule has 2 fully saturated rings. The third kappa shape index (κ3) is 2.94. The summed E-state index contributed by atoms with van der Waals surface area (Å²) in [5, 5.41) is 8.68. The molecule has 0 aliphatic carbocycles. The van der Waals surface area contributed by atoms with Crippen molar-refractivity contribution in [1.29, 1.82) is 0 Å². The lowest BCUT2D eigenvalue weighted by Gasteiger charge is -2.44. The third-order valence-corrected chi connectivity index (χ3v) is 3.83. The molecule has 2 rings (SSSR count). The van der Waals surface area contributed by atoms with Gasteiger partial charge in [0.05, 0.1) is 6.42 Å². The van der Waals surface area contributed by atoms with Gasteiger partial charge in [0.2, 0.25) is 0 Å². The molecule has 2 heterocycles. The van der Waals surface area contributed by atoms with Crippen LogP contribution in [0.2, 0.25) is 0 Å². The van der Waals surface area contributed by atoms with Crippen molar-refractivity contribution in [2.45, 2.75) is 26.7 Å². The molecule has 2 atom stereocenters. The topological polar surface area (TPSA) is 60.9 Å². The van der Waals surface area contributed by atoms with Crippen molar-refractivity contribution >= 4 is 12.0 Å². The van der Waals surface area contributed by atoms with Crippen molar-refractivity contribution in [2.75, 3.05) is 26.2 Å². The number of likely N-dealkylation sites (tertiary alicyclic amines) is 2. The highest BCUT2D eigenvalue weighted by Gasteiger charge is 2.36. The van der Waals surface area contributed by atoms with Gasteiger partial charge in [0.1, 0.15) is 0 Å². The average molecular weight is 254 g/mol. The normalized spacial score (nSPS) is 29.0. The molecule has 0 aromatic rings. The van der Waals surface area contributed by atoms with E-state index in [2.05, 4.69) is 13.8 Å². The Labute approximate surface area is 108 Å². The van der Waals surface area contributed by atoms with Crippen molar-refractivity contribution in [2.24, 2.45) is 17.8 Å². The van der Waals surface area contributed by atoms with Gasteiger partial charge in [-0.15, -0.1) is 0 Å². The van der Waals surface area contributed by atoms with Crippen molar-refractivity contribution < 1.29 is 14.7 Å². The molecular formula is C13H22N2O3. The second-order valence-electron chi connectivity index (χ2n) is 6.00. The van der Waals surface area contributed by atoms with E-state index in [1.54, 1.807) is 4.90 Å². The van der Waals surface area contributed by atoms with E-state index in [0.717, 1.165) is 13.1 Å². The van der Waals surface area contributed by atoms with E-state index in [-0.39, 0.29) is 18.4 Å². The first-order valence-corrected chi connectivity index (χ1v) is 6.71. The number of piperidine rings is 1. The summed E-state index contributed by atoms with van der Waals surface area (Å²) in [6.07, 6.45) is 1.36. The summed E-state index contributed by atoms with van der Waals surface area (Å²) in [5.74, 6) is 0.501. The Morgan fingerprint density at radius 2 is 1.56 bits per heavy atom. The predicted octanol–water partition coefficient (Wildman–Crippen LogP) is 1.49. The first kappa shape index (κ1) is 13.2. The minimum atomic E-state index is -0.771. The summed E-state index contributed by atoms with van der Waals surface area (Å²) in [5.41, 5.74) is 0. The Morgan fingerprint density at radius 1 is 1.06 bits per heavy atom. The lowest BCUT2D eigenvalue weighted by Crippen LogP contribution is -2.57. The zero-order valence-corrected chi connectivity index (χ0v) is 11.1. The zero-order valence-electron chi connectivity index (χ0n) is 11.1. The smallest absolute Gasteiger partial charge is 0.320 e. The molecule has 0 aromatic carbocycles. The van der Waals surface area contributed by atoms with Crippen molar-refractivity contribution in [1.82, 2.24) is 9.80 Å². The Morgan fingerprint density at radius 3 is 2.06 bits per heavy atom. The number of hydrogen-bond donors (Lipinski definition) is 1. The number of carboxylic acids is 1. The first-order chi connectivity index (χ1) is 8.45. The Kier molecular flexibility index (Phi) is 3.78. The summed E-state index contributed by atoms with van der Waals surface area (Å²) in [7, 11) is 0. The number of aliphatic carboxylic acids is 1. The van der Waals surface area contributed by atoms with Crippen molar-refractivity contribution in [3.8, 4) is 0 Å². The number of urea groups is 1. The molecule has 0 aromatic heterocycles. The largest absolute Gasteiger partial charge is 0.481 e. The maximum atomic E-state index is 12.2. The van der Waals surface area contributed by atoms with E-state index in [4.69, 9.17) is 5.11 Å². The maximum Gasteiger partial charge on any atom is 0.320 e. The molecule has 0 saturated carbocycles. The molecule has 2 aliphatic rings. The van der Waals surface area contributed by atoms with Crippen LogP contribution in [-0.2, 0) is 4.79 Å². The predicted molar refractivity (Wildman–Crippen MR) is 67.2 cm³/mol. The fourth-order valence-electron chi connectivity index (χ4n) is 3.12. The quantitative estimate of drug-likeness (QED) is 0.812. The second kappa shape index (κ2) is 5.16. The Bertz CT molecular complexity index is 329. The fourth-order valence-corrected chi connectivity index (χ4v) is 3.12. The van der Waals surface area contributed by atoms with E-state index in [1.807, 2.05) is 4.90 Å². The van der Waals surface area contributed by atoms with Crippen molar-refractivity contribution in [3.05, 3.63) is 0 Å². The maximum absolute atomic E-state index is 12.2.